The highest BCUT2D eigenvalue weighted by Crippen LogP contribution is 2.18. The van der Waals surface area contributed by atoms with Gasteiger partial charge >= 0.3 is 5.69 Å². The molecule has 0 aliphatic carbocycles. The van der Waals surface area contributed by atoms with Crippen molar-refractivity contribution in [2.75, 3.05) is 0 Å². The van der Waals surface area contributed by atoms with Gasteiger partial charge in [-0.25, -0.2) is 14.9 Å². The summed E-state index contributed by atoms with van der Waals surface area (Å²) < 4.78 is 0. The summed E-state index contributed by atoms with van der Waals surface area (Å²) in [7, 11) is 0. The maximum Gasteiger partial charge on any atom is 0.363 e. The maximum atomic E-state index is 11.0. The van der Waals surface area contributed by atoms with Crippen LogP contribution in [0.5, 0.6) is 0 Å². The molecular formula is C10H6N4O. The van der Waals surface area contributed by atoms with Gasteiger partial charge in [-0.15, -0.1) is 0 Å². The Hall–Kier alpha value is -2.30. The Morgan fingerprint density at radius 1 is 1.20 bits per heavy atom. The Morgan fingerprint density at radius 3 is 3.00 bits per heavy atom. The third-order valence-corrected chi connectivity index (χ3v) is 2.22. The van der Waals surface area contributed by atoms with Crippen LogP contribution in [-0.4, -0.2) is 20.2 Å². The minimum atomic E-state index is -0.481. The number of H-pyrrole nitrogens is 1. The van der Waals surface area contributed by atoms with E-state index in [2.05, 4.69) is 20.2 Å². The molecular weight excluding hydrogens is 192 g/mol. The molecule has 15 heavy (non-hydrogen) atoms. The molecule has 1 N–H and O–H groups in total. The smallest absolute Gasteiger partial charge is 0.244 e. The van der Waals surface area contributed by atoms with Gasteiger partial charge in [-0.1, -0.05) is 24.3 Å². The first-order valence-electron chi connectivity index (χ1n) is 4.45. The van der Waals surface area contributed by atoms with Crippen LogP contribution in [0, 0.1) is 0 Å². The molecule has 3 aromatic rings. The number of aromatic amines is 1. The summed E-state index contributed by atoms with van der Waals surface area (Å²) in [6, 6.07) is 7.70. The fourth-order valence-corrected chi connectivity index (χ4v) is 1.55. The van der Waals surface area contributed by atoms with Crippen molar-refractivity contribution in [2.24, 2.45) is 0 Å². The van der Waals surface area contributed by atoms with E-state index in [1.165, 1.54) is 0 Å². The van der Waals surface area contributed by atoms with Crippen molar-refractivity contribution in [1.29, 1.82) is 0 Å². The first-order chi connectivity index (χ1) is 7.34. The average Bonchev–Trinajstić information content (AvgIpc) is 2.28. The lowest BCUT2D eigenvalue weighted by molar-refractivity contribution is 0.954. The van der Waals surface area contributed by atoms with Crippen LogP contribution in [0.15, 0.2) is 35.3 Å². The number of fused-ring (bicyclic) bond motifs is 3. The van der Waals surface area contributed by atoms with Crippen molar-refractivity contribution >= 4 is 21.9 Å². The number of nitrogens with zero attached hydrogens (tertiary/aromatic N) is 3. The molecule has 0 saturated carbocycles. The highest BCUT2D eigenvalue weighted by Gasteiger charge is 2.03. The average molecular weight is 198 g/mol. The van der Waals surface area contributed by atoms with Crippen molar-refractivity contribution in [3.63, 3.8) is 0 Å². The summed E-state index contributed by atoms with van der Waals surface area (Å²) in [5.41, 5.74) is 0.510. The SMILES string of the molecule is O=c1nc2ncc3ccccc3c2n[nH]1. The Kier molecular flexibility index (Phi) is 1.53. The zero-order valence-corrected chi connectivity index (χ0v) is 7.64. The van der Waals surface area contributed by atoms with Gasteiger partial charge in [-0.2, -0.15) is 10.1 Å². The zero-order chi connectivity index (χ0) is 10.3. The van der Waals surface area contributed by atoms with Gasteiger partial charge in [0, 0.05) is 17.0 Å². The Bertz CT molecular complexity index is 704. The van der Waals surface area contributed by atoms with E-state index in [0.717, 1.165) is 10.8 Å². The number of hydrogen-bond donors (Lipinski definition) is 1. The minimum Gasteiger partial charge on any atom is -0.244 e. The van der Waals surface area contributed by atoms with Crippen LogP contribution < -0.4 is 5.69 Å². The molecule has 0 aliphatic heterocycles. The van der Waals surface area contributed by atoms with E-state index < -0.39 is 5.69 Å². The quantitative estimate of drug-likeness (QED) is 0.544. The summed E-state index contributed by atoms with van der Waals surface area (Å²) >= 11 is 0. The van der Waals surface area contributed by atoms with E-state index >= 15 is 0 Å². The first kappa shape index (κ1) is 8.05. The topological polar surface area (TPSA) is 71.5 Å². The van der Waals surface area contributed by atoms with E-state index in [4.69, 9.17) is 0 Å². The van der Waals surface area contributed by atoms with Crippen molar-refractivity contribution in [2.45, 2.75) is 0 Å². The van der Waals surface area contributed by atoms with Crippen molar-refractivity contribution < 1.29 is 0 Å². The van der Waals surface area contributed by atoms with Crippen LogP contribution in [0.1, 0.15) is 0 Å². The summed E-state index contributed by atoms with van der Waals surface area (Å²) in [5.74, 6) is 0. The Labute approximate surface area is 83.8 Å². The Morgan fingerprint density at radius 2 is 2.07 bits per heavy atom. The molecule has 5 nitrogen and oxygen atoms in total. The number of rotatable bonds is 0. The van der Waals surface area contributed by atoms with Crippen molar-refractivity contribution in [3.05, 3.63) is 40.9 Å². The van der Waals surface area contributed by atoms with Crippen LogP contribution in [0.4, 0.5) is 0 Å². The van der Waals surface area contributed by atoms with Crippen LogP contribution in [0.2, 0.25) is 0 Å². The van der Waals surface area contributed by atoms with Crippen LogP contribution in [0.25, 0.3) is 21.9 Å². The third-order valence-electron chi connectivity index (χ3n) is 2.22. The lowest BCUT2D eigenvalue weighted by Crippen LogP contribution is -2.12. The van der Waals surface area contributed by atoms with Gasteiger partial charge in [0.2, 0.25) is 0 Å². The molecule has 5 heteroatoms. The fourth-order valence-electron chi connectivity index (χ4n) is 1.55. The highest BCUT2D eigenvalue weighted by molar-refractivity contribution is 6.01. The lowest BCUT2D eigenvalue weighted by Gasteiger charge is -1.99. The predicted octanol–water partition coefficient (Wildman–Crippen LogP) is 0.866. The molecule has 0 spiro atoms. The van der Waals surface area contributed by atoms with E-state index in [9.17, 15) is 4.79 Å². The monoisotopic (exact) mass is 198 g/mol. The van der Waals surface area contributed by atoms with Gasteiger partial charge in [0.15, 0.2) is 5.65 Å². The molecule has 0 radical (unpaired) electrons. The van der Waals surface area contributed by atoms with E-state index in [1.807, 2.05) is 24.3 Å². The van der Waals surface area contributed by atoms with E-state index in [-0.39, 0.29) is 0 Å². The minimum absolute atomic E-state index is 0.373. The molecule has 1 aromatic carbocycles. The molecule has 0 unspecified atom stereocenters. The maximum absolute atomic E-state index is 11.0. The predicted molar refractivity (Wildman–Crippen MR) is 55.5 cm³/mol. The van der Waals surface area contributed by atoms with Crippen LogP contribution in [0.3, 0.4) is 0 Å². The molecule has 0 atom stereocenters. The molecule has 2 heterocycles. The third kappa shape index (κ3) is 1.17. The Balaban J connectivity index is 2.60. The second-order valence-electron chi connectivity index (χ2n) is 3.16. The summed E-state index contributed by atoms with van der Waals surface area (Å²) in [6.45, 7) is 0. The number of aromatic nitrogens is 4. The number of benzene rings is 1. The molecule has 0 aliphatic rings. The molecule has 72 valence electrons. The number of hydrogen-bond acceptors (Lipinski definition) is 4. The van der Waals surface area contributed by atoms with Gasteiger partial charge < -0.3 is 0 Å². The van der Waals surface area contributed by atoms with Gasteiger partial charge in [-0.3, -0.25) is 0 Å². The van der Waals surface area contributed by atoms with Crippen molar-refractivity contribution in [3.8, 4) is 0 Å². The fraction of sp³-hybridized carbons (Fsp3) is 0. The van der Waals surface area contributed by atoms with Crippen LogP contribution >= 0.6 is 0 Å². The molecule has 0 bridgehead atoms. The normalized spacial score (nSPS) is 10.9. The number of pyridine rings is 1. The van der Waals surface area contributed by atoms with E-state index in [0.29, 0.717) is 11.2 Å². The molecule has 2 aromatic heterocycles. The van der Waals surface area contributed by atoms with Gasteiger partial charge in [0.25, 0.3) is 0 Å². The standard InChI is InChI=1S/C10H6N4O/c15-10-12-9-8(13-14-10)7-4-2-1-3-6(7)5-11-9/h1-5H,(H,11,12,14,15). The van der Waals surface area contributed by atoms with Gasteiger partial charge in [-0.05, 0) is 0 Å². The first-order valence-corrected chi connectivity index (χ1v) is 4.45. The van der Waals surface area contributed by atoms with E-state index in [1.54, 1.807) is 6.20 Å². The second kappa shape index (κ2) is 2.84. The molecule has 0 amide bonds. The molecule has 0 saturated heterocycles. The molecule has 3 rings (SSSR count). The summed E-state index contributed by atoms with van der Waals surface area (Å²) in [4.78, 5) is 18.8. The highest BCUT2D eigenvalue weighted by atomic mass is 16.1. The summed E-state index contributed by atoms with van der Waals surface area (Å²) in [6.07, 6.45) is 1.69. The number of nitrogens with one attached hydrogen (secondary N) is 1. The summed E-state index contributed by atoms with van der Waals surface area (Å²) in [5, 5.41) is 8.17. The largest absolute Gasteiger partial charge is 0.363 e. The van der Waals surface area contributed by atoms with Crippen molar-refractivity contribution in [1.82, 2.24) is 20.2 Å². The zero-order valence-electron chi connectivity index (χ0n) is 7.64. The lowest BCUT2D eigenvalue weighted by atomic mass is 10.1. The van der Waals surface area contributed by atoms with Crippen LogP contribution in [-0.2, 0) is 0 Å². The van der Waals surface area contributed by atoms with Gasteiger partial charge in [0.05, 0.1) is 0 Å². The van der Waals surface area contributed by atoms with Gasteiger partial charge in [0.1, 0.15) is 5.52 Å². The second-order valence-corrected chi connectivity index (χ2v) is 3.16. The molecule has 0 fully saturated rings.